The van der Waals surface area contributed by atoms with Gasteiger partial charge in [-0.2, -0.15) is 0 Å². The lowest BCUT2D eigenvalue weighted by atomic mass is 9.88. The lowest BCUT2D eigenvalue weighted by Gasteiger charge is -2.27. The topological polar surface area (TPSA) is 66.4 Å². The molecule has 5 heteroatoms. The summed E-state index contributed by atoms with van der Waals surface area (Å²) in [5.74, 6) is 0. The van der Waals surface area contributed by atoms with E-state index < -0.39 is 10.0 Å². The van der Waals surface area contributed by atoms with Crippen molar-refractivity contribution in [3.8, 4) is 0 Å². The molecule has 0 aromatic heterocycles. The Bertz CT molecular complexity index is 534. The summed E-state index contributed by atoms with van der Waals surface area (Å²) < 4.78 is 27.4. The van der Waals surface area contributed by atoms with E-state index in [1.54, 1.807) is 12.1 Å². The quantitative estimate of drug-likeness (QED) is 0.888. The van der Waals surface area contributed by atoms with Gasteiger partial charge >= 0.3 is 0 Å². The SMILES string of the molecule is CC1(C)CCCC1NS(=O)(=O)c1ccc(CO)cc1. The molecule has 0 aliphatic heterocycles. The molecule has 1 aromatic rings. The Hall–Kier alpha value is -0.910. The Morgan fingerprint density at radius 1 is 1.32 bits per heavy atom. The van der Waals surface area contributed by atoms with Crippen LogP contribution in [-0.2, 0) is 16.6 Å². The second-order valence-corrected chi connectivity index (χ2v) is 7.57. The van der Waals surface area contributed by atoms with E-state index in [0.717, 1.165) is 19.3 Å². The fourth-order valence-corrected chi connectivity index (χ4v) is 4.02. The third-order valence-corrected chi connectivity index (χ3v) is 5.46. The zero-order chi connectivity index (χ0) is 14.1. The van der Waals surface area contributed by atoms with Crippen LogP contribution in [-0.4, -0.2) is 19.6 Å². The standard InChI is InChI=1S/C14H21NO3S/c1-14(2)9-3-4-13(14)15-19(17,18)12-7-5-11(10-16)6-8-12/h5-8,13,15-16H,3-4,9-10H2,1-2H3. The van der Waals surface area contributed by atoms with Crippen molar-refractivity contribution in [1.82, 2.24) is 4.72 Å². The van der Waals surface area contributed by atoms with Gasteiger partial charge in [-0.25, -0.2) is 13.1 Å². The molecule has 2 N–H and O–H groups in total. The first-order chi connectivity index (χ1) is 8.85. The smallest absolute Gasteiger partial charge is 0.240 e. The average molecular weight is 283 g/mol. The van der Waals surface area contributed by atoms with Gasteiger partial charge in [-0.3, -0.25) is 0 Å². The van der Waals surface area contributed by atoms with E-state index in [1.165, 1.54) is 12.1 Å². The van der Waals surface area contributed by atoms with E-state index in [2.05, 4.69) is 18.6 Å². The van der Waals surface area contributed by atoms with Crippen molar-refractivity contribution in [2.75, 3.05) is 0 Å². The van der Waals surface area contributed by atoms with Crippen molar-refractivity contribution in [2.45, 2.75) is 50.7 Å². The Kier molecular flexibility index (Phi) is 3.99. The molecule has 0 heterocycles. The molecule has 1 aliphatic rings. The van der Waals surface area contributed by atoms with Crippen molar-refractivity contribution >= 4 is 10.0 Å². The first-order valence-electron chi connectivity index (χ1n) is 6.57. The maximum absolute atomic E-state index is 12.3. The number of nitrogens with one attached hydrogen (secondary N) is 1. The predicted molar refractivity (Wildman–Crippen MR) is 74.1 cm³/mol. The highest BCUT2D eigenvalue weighted by molar-refractivity contribution is 7.89. The molecule has 1 saturated carbocycles. The van der Waals surface area contributed by atoms with E-state index in [1.807, 2.05) is 0 Å². The van der Waals surface area contributed by atoms with Crippen molar-refractivity contribution < 1.29 is 13.5 Å². The second-order valence-electron chi connectivity index (χ2n) is 5.86. The van der Waals surface area contributed by atoms with Gasteiger partial charge in [0.1, 0.15) is 0 Å². The highest BCUT2D eigenvalue weighted by Gasteiger charge is 2.37. The summed E-state index contributed by atoms with van der Waals surface area (Å²) in [5, 5.41) is 8.96. The van der Waals surface area contributed by atoms with Crippen LogP contribution in [0, 0.1) is 5.41 Å². The van der Waals surface area contributed by atoms with Gasteiger partial charge in [0, 0.05) is 6.04 Å². The first kappa shape index (κ1) is 14.5. The molecule has 1 atom stereocenters. The molecule has 1 fully saturated rings. The Morgan fingerprint density at radius 3 is 2.42 bits per heavy atom. The number of sulfonamides is 1. The number of benzene rings is 1. The highest BCUT2D eigenvalue weighted by Crippen LogP contribution is 2.37. The monoisotopic (exact) mass is 283 g/mol. The largest absolute Gasteiger partial charge is 0.392 e. The molecule has 4 nitrogen and oxygen atoms in total. The molecule has 0 amide bonds. The van der Waals surface area contributed by atoms with E-state index in [-0.39, 0.29) is 23.0 Å². The minimum Gasteiger partial charge on any atom is -0.392 e. The Labute approximate surface area is 114 Å². The number of aliphatic hydroxyl groups excluding tert-OH is 1. The second kappa shape index (κ2) is 5.23. The van der Waals surface area contributed by atoms with E-state index in [0.29, 0.717) is 5.56 Å². The van der Waals surface area contributed by atoms with Crippen LogP contribution in [0.25, 0.3) is 0 Å². The summed E-state index contributed by atoms with van der Waals surface area (Å²) >= 11 is 0. The summed E-state index contributed by atoms with van der Waals surface area (Å²) in [5.41, 5.74) is 0.720. The number of rotatable bonds is 4. The number of hydrogen-bond acceptors (Lipinski definition) is 3. The molecular formula is C14H21NO3S. The molecular weight excluding hydrogens is 262 g/mol. The van der Waals surface area contributed by atoms with Crippen LogP contribution >= 0.6 is 0 Å². The van der Waals surface area contributed by atoms with E-state index in [4.69, 9.17) is 5.11 Å². The Balaban J connectivity index is 2.18. The zero-order valence-electron chi connectivity index (χ0n) is 11.4. The minimum atomic E-state index is -3.47. The maximum Gasteiger partial charge on any atom is 0.240 e. The van der Waals surface area contributed by atoms with Gasteiger partial charge in [0.25, 0.3) is 0 Å². The number of hydrogen-bond donors (Lipinski definition) is 2. The molecule has 19 heavy (non-hydrogen) atoms. The van der Waals surface area contributed by atoms with E-state index >= 15 is 0 Å². The zero-order valence-corrected chi connectivity index (χ0v) is 12.2. The normalized spacial score (nSPS) is 22.6. The molecule has 0 bridgehead atoms. The summed E-state index contributed by atoms with van der Waals surface area (Å²) in [6, 6.07) is 6.34. The van der Waals surface area contributed by atoms with Gasteiger partial charge in [0.15, 0.2) is 0 Å². The minimum absolute atomic E-state index is 0.00461. The molecule has 0 saturated heterocycles. The van der Waals surface area contributed by atoms with Gasteiger partial charge in [0.2, 0.25) is 10.0 Å². The van der Waals surface area contributed by atoms with Gasteiger partial charge in [0.05, 0.1) is 11.5 Å². The van der Waals surface area contributed by atoms with Crippen molar-refractivity contribution in [3.63, 3.8) is 0 Å². The summed E-state index contributed by atoms with van der Waals surface area (Å²) in [7, 11) is -3.47. The van der Waals surface area contributed by atoms with Crippen LogP contribution in [0.4, 0.5) is 0 Å². The van der Waals surface area contributed by atoms with Gasteiger partial charge in [-0.15, -0.1) is 0 Å². The molecule has 1 aromatic carbocycles. The van der Waals surface area contributed by atoms with Crippen LogP contribution in [0.5, 0.6) is 0 Å². The van der Waals surface area contributed by atoms with Crippen LogP contribution in [0.1, 0.15) is 38.7 Å². The van der Waals surface area contributed by atoms with Gasteiger partial charge in [-0.05, 0) is 36.0 Å². The number of aliphatic hydroxyl groups is 1. The van der Waals surface area contributed by atoms with Crippen LogP contribution in [0.3, 0.4) is 0 Å². The maximum atomic E-state index is 12.3. The fraction of sp³-hybridized carbons (Fsp3) is 0.571. The summed E-state index contributed by atoms with van der Waals surface area (Å²) in [4.78, 5) is 0.257. The third-order valence-electron chi connectivity index (χ3n) is 3.97. The van der Waals surface area contributed by atoms with E-state index in [9.17, 15) is 8.42 Å². The van der Waals surface area contributed by atoms with Crippen molar-refractivity contribution in [2.24, 2.45) is 5.41 Å². The van der Waals surface area contributed by atoms with Crippen LogP contribution in [0.15, 0.2) is 29.2 Å². The molecule has 0 spiro atoms. The summed E-state index contributed by atoms with van der Waals surface area (Å²) in [6.45, 7) is 4.12. The van der Waals surface area contributed by atoms with Crippen molar-refractivity contribution in [1.29, 1.82) is 0 Å². The first-order valence-corrected chi connectivity index (χ1v) is 8.06. The molecule has 1 unspecified atom stereocenters. The van der Waals surface area contributed by atoms with Gasteiger partial charge in [-0.1, -0.05) is 32.4 Å². The summed E-state index contributed by atoms with van der Waals surface area (Å²) in [6.07, 6.45) is 2.99. The fourth-order valence-electron chi connectivity index (χ4n) is 2.57. The molecule has 2 rings (SSSR count). The predicted octanol–water partition coefficient (Wildman–Crippen LogP) is 2.04. The molecule has 1 aliphatic carbocycles. The van der Waals surface area contributed by atoms with Crippen molar-refractivity contribution in [3.05, 3.63) is 29.8 Å². The Morgan fingerprint density at radius 2 is 1.95 bits per heavy atom. The lowest BCUT2D eigenvalue weighted by molar-refractivity contribution is 0.281. The lowest BCUT2D eigenvalue weighted by Crippen LogP contribution is -2.41. The van der Waals surface area contributed by atoms with Gasteiger partial charge < -0.3 is 5.11 Å². The molecule has 106 valence electrons. The van der Waals surface area contributed by atoms with Crippen LogP contribution < -0.4 is 4.72 Å². The third kappa shape index (κ3) is 3.16. The highest BCUT2D eigenvalue weighted by atomic mass is 32.2. The van der Waals surface area contributed by atoms with Crippen LogP contribution in [0.2, 0.25) is 0 Å². The average Bonchev–Trinajstić information content (AvgIpc) is 2.68. The molecule has 0 radical (unpaired) electrons.